The highest BCUT2D eigenvalue weighted by Gasteiger charge is 2.53. The smallest absolute Gasteiger partial charge is 0.0159 e. The number of piperidine rings is 1. The minimum Gasteiger partial charge on any atom is -0.305 e. The summed E-state index contributed by atoms with van der Waals surface area (Å²) in [5.41, 5.74) is 0.961. The number of nitrogens with zero attached hydrogens (tertiary/aromatic N) is 2. The monoisotopic (exact) mass is 200 g/mol. The van der Waals surface area contributed by atoms with Gasteiger partial charge in [-0.25, -0.2) is 0 Å². The van der Waals surface area contributed by atoms with Crippen molar-refractivity contribution in [3.8, 4) is 0 Å². The lowest BCUT2D eigenvalue weighted by atomic mass is 9.64. The zero-order chi connectivity index (χ0) is 9.69. The molecule has 0 aromatic rings. The molecule has 0 N–H and O–H groups in total. The molecule has 0 saturated carbocycles. The SMILES string of the molecule is CN1C[C@]2(C)CCN(S)C[C@]2(C)C1. The Kier molecular flexibility index (Phi) is 2.17. The van der Waals surface area contributed by atoms with Gasteiger partial charge < -0.3 is 4.90 Å². The molecule has 0 unspecified atom stereocenters. The van der Waals surface area contributed by atoms with Gasteiger partial charge >= 0.3 is 0 Å². The van der Waals surface area contributed by atoms with Crippen molar-refractivity contribution in [2.24, 2.45) is 10.8 Å². The van der Waals surface area contributed by atoms with E-state index in [1.807, 2.05) is 0 Å². The number of thiol groups is 1. The first-order chi connectivity index (χ1) is 5.95. The third kappa shape index (κ3) is 1.41. The summed E-state index contributed by atoms with van der Waals surface area (Å²) in [6, 6.07) is 0. The van der Waals surface area contributed by atoms with E-state index in [2.05, 4.69) is 42.9 Å². The fraction of sp³-hybridized carbons (Fsp3) is 1.00. The molecule has 0 spiro atoms. The predicted molar refractivity (Wildman–Crippen MR) is 58.9 cm³/mol. The molecule has 2 atom stereocenters. The van der Waals surface area contributed by atoms with Gasteiger partial charge in [0.2, 0.25) is 0 Å². The van der Waals surface area contributed by atoms with Crippen LogP contribution in [0.25, 0.3) is 0 Å². The van der Waals surface area contributed by atoms with Crippen molar-refractivity contribution in [1.29, 1.82) is 0 Å². The Bertz CT molecular complexity index is 221. The van der Waals surface area contributed by atoms with Crippen LogP contribution in [0.3, 0.4) is 0 Å². The summed E-state index contributed by atoms with van der Waals surface area (Å²) in [4.78, 5) is 2.47. The first-order valence-corrected chi connectivity index (χ1v) is 5.48. The van der Waals surface area contributed by atoms with Gasteiger partial charge in [0.1, 0.15) is 0 Å². The third-order valence-corrected chi connectivity index (χ3v) is 4.49. The number of hydrogen-bond donors (Lipinski definition) is 1. The first kappa shape index (κ1) is 9.81. The summed E-state index contributed by atoms with van der Waals surface area (Å²) in [6.07, 6.45) is 1.29. The molecule has 0 radical (unpaired) electrons. The van der Waals surface area contributed by atoms with Crippen molar-refractivity contribution in [2.45, 2.75) is 20.3 Å². The zero-order valence-electron chi connectivity index (χ0n) is 8.88. The van der Waals surface area contributed by atoms with E-state index >= 15 is 0 Å². The number of hydrogen-bond acceptors (Lipinski definition) is 3. The van der Waals surface area contributed by atoms with E-state index in [-0.39, 0.29) is 0 Å². The average Bonchev–Trinajstić information content (AvgIpc) is 2.19. The minimum atomic E-state index is 0.446. The Labute approximate surface area is 86.8 Å². The Morgan fingerprint density at radius 3 is 2.38 bits per heavy atom. The van der Waals surface area contributed by atoms with Gasteiger partial charge in [-0.2, -0.15) is 0 Å². The molecule has 2 saturated heterocycles. The normalized spacial score (nSPS) is 48.0. The van der Waals surface area contributed by atoms with Crippen molar-refractivity contribution < 1.29 is 0 Å². The number of likely N-dealkylation sites (tertiary alicyclic amines) is 1. The lowest BCUT2D eigenvalue weighted by Crippen LogP contribution is -2.49. The zero-order valence-corrected chi connectivity index (χ0v) is 9.77. The molecule has 2 nitrogen and oxygen atoms in total. The van der Waals surface area contributed by atoms with Gasteiger partial charge in [-0.05, 0) is 18.9 Å². The number of rotatable bonds is 0. The molecule has 76 valence electrons. The molecular weight excluding hydrogens is 180 g/mol. The van der Waals surface area contributed by atoms with Crippen molar-refractivity contribution in [3.63, 3.8) is 0 Å². The summed E-state index contributed by atoms with van der Waals surface area (Å²) in [7, 11) is 2.23. The fourth-order valence-corrected chi connectivity index (χ4v) is 3.52. The average molecular weight is 200 g/mol. The van der Waals surface area contributed by atoms with Gasteiger partial charge in [-0.3, -0.25) is 4.31 Å². The van der Waals surface area contributed by atoms with Crippen molar-refractivity contribution in [3.05, 3.63) is 0 Å². The molecule has 13 heavy (non-hydrogen) atoms. The third-order valence-electron chi connectivity index (χ3n) is 4.15. The van der Waals surface area contributed by atoms with E-state index in [0.29, 0.717) is 10.8 Å². The summed E-state index contributed by atoms with van der Waals surface area (Å²) in [5.74, 6) is 0. The Balaban J connectivity index is 2.24. The van der Waals surface area contributed by atoms with E-state index in [1.54, 1.807) is 0 Å². The van der Waals surface area contributed by atoms with E-state index < -0.39 is 0 Å². The van der Waals surface area contributed by atoms with Gasteiger partial charge in [0.25, 0.3) is 0 Å². The fourth-order valence-electron chi connectivity index (χ4n) is 3.11. The minimum absolute atomic E-state index is 0.446. The summed E-state index contributed by atoms with van der Waals surface area (Å²) in [6.45, 7) is 9.61. The summed E-state index contributed by atoms with van der Waals surface area (Å²) >= 11 is 4.48. The van der Waals surface area contributed by atoms with Crippen LogP contribution in [0, 0.1) is 10.8 Å². The molecule has 0 bridgehead atoms. The molecule has 3 heteroatoms. The molecule has 0 aliphatic carbocycles. The van der Waals surface area contributed by atoms with Crippen LogP contribution in [0.15, 0.2) is 0 Å². The predicted octanol–water partition coefficient (Wildman–Crippen LogP) is 1.49. The maximum atomic E-state index is 4.48. The summed E-state index contributed by atoms with van der Waals surface area (Å²) < 4.78 is 2.18. The van der Waals surface area contributed by atoms with Crippen LogP contribution in [0.2, 0.25) is 0 Å². The van der Waals surface area contributed by atoms with Gasteiger partial charge in [-0.1, -0.05) is 26.7 Å². The van der Waals surface area contributed by atoms with Crippen LogP contribution in [-0.2, 0) is 0 Å². The van der Waals surface area contributed by atoms with Crippen LogP contribution in [0.4, 0.5) is 0 Å². The lowest BCUT2D eigenvalue weighted by Gasteiger charge is -2.47. The van der Waals surface area contributed by atoms with Gasteiger partial charge in [-0.15, -0.1) is 0 Å². The quantitative estimate of drug-likeness (QED) is 0.592. The maximum Gasteiger partial charge on any atom is 0.0159 e. The molecule has 0 aromatic carbocycles. The van der Waals surface area contributed by atoms with Crippen molar-refractivity contribution in [2.75, 3.05) is 33.2 Å². The topological polar surface area (TPSA) is 6.48 Å². The number of fused-ring (bicyclic) bond motifs is 1. The van der Waals surface area contributed by atoms with E-state index in [0.717, 1.165) is 13.1 Å². The van der Waals surface area contributed by atoms with Crippen LogP contribution in [0.5, 0.6) is 0 Å². The van der Waals surface area contributed by atoms with Gasteiger partial charge in [0, 0.05) is 31.6 Å². The molecular formula is C10H20N2S. The van der Waals surface area contributed by atoms with E-state index in [4.69, 9.17) is 0 Å². The van der Waals surface area contributed by atoms with Crippen molar-refractivity contribution in [1.82, 2.24) is 9.21 Å². The maximum absolute atomic E-state index is 4.48. The van der Waals surface area contributed by atoms with Gasteiger partial charge in [0.15, 0.2) is 0 Å². The van der Waals surface area contributed by atoms with E-state index in [1.165, 1.54) is 19.5 Å². The second-order valence-corrected chi connectivity index (χ2v) is 6.00. The molecule has 2 aliphatic heterocycles. The van der Waals surface area contributed by atoms with Crippen LogP contribution >= 0.6 is 12.8 Å². The Morgan fingerprint density at radius 1 is 1.08 bits per heavy atom. The van der Waals surface area contributed by atoms with Crippen molar-refractivity contribution >= 4 is 12.8 Å². The summed E-state index contributed by atoms with van der Waals surface area (Å²) in [5, 5.41) is 0. The molecule has 0 aromatic heterocycles. The van der Waals surface area contributed by atoms with E-state index in [9.17, 15) is 0 Å². The second kappa shape index (κ2) is 2.88. The van der Waals surface area contributed by atoms with Gasteiger partial charge in [0.05, 0.1) is 0 Å². The van der Waals surface area contributed by atoms with Crippen LogP contribution in [-0.4, -0.2) is 42.4 Å². The highest BCUT2D eigenvalue weighted by Crippen LogP contribution is 2.51. The largest absolute Gasteiger partial charge is 0.305 e. The Morgan fingerprint density at radius 2 is 1.69 bits per heavy atom. The molecule has 2 aliphatic rings. The highest BCUT2D eigenvalue weighted by molar-refractivity contribution is 7.77. The Hall–Kier alpha value is 0.270. The standard InChI is InChI=1S/C10H20N2S/c1-9-4-5-12(13)8-10(9,2)7-11(3)6-9/h13H,4-8H2,1-3H3/t9-,10-/m0/s1. The first-order valence-electron chi connectivity index (χ1n) is 5.08. The molecule has 2 fully saturated rings. The molecule has 2 rings (SSSR count). The highest BCUT2D eigenvalue weighted by atomic mass is 32.1. The lowest BCUT2D eigenvalue weighted by molar-refractivity contribution is 0.0535. The molecule has 0 amide bonds. The molecule has 2 heterocycles. The van der Waals surface area contributed by atoms with Crippen LogP contribution in [0.1, 0.15) is 20.3 Å². The second-order valence-electron chi connectivity index (χ2n) is 5.43. The van der Waals surface area contributed by atoms with Crippen LogP contribution < -0.4 is 0 Å².